The van der Waals surface area contributed by atoms with E-state index in [0.717, 1.165) is 23.8 Å². The lowest BCUT2D eigenvalue weighted by Gasteiger charge is -2.33. The van der Waals surface area contributed by atoms with Crippen LogP contribution in [0.3, 0.4) is 0 Å². The van der Waals surface area contributed by atoms with Crippen molar-refractivity contribution in [2.45, 2.75) is 13.5 Å². The van der Waals surface area contributed by atoms with E-state index in [2.05, 4.69) is 9.88 Å². The number of furan rings is 1. The molecule has 7 nitrogen and oxygen atoms in total. The van der Waals surface area contributed by atoms with Crippen molar-refractivity contribution >= 4 is 23.2 Å². The van der Waals surface area contributed by atoms with E-state index in [1.165, 1.54) is 17.6 Å². The molecule has 2 aromatic rings. The first kappa shape index (κ1) is 17.6. The van der Waals surface area contributed by atoms with Gasteiger partial charge >= 0.3 is 0 Å². The molecule has 0 spiro atoms. The molecule has 1 saturated heterocycles. The number of aromatic nitrogens is 1. The van der Waals surface area contributed by atoms with Crippen LogP contribution in [0.4, 0.5) is 0 Å². The molecule has 0 atom stereocenters. The summed E-state index contributed by atoms with van der Waals surface area (Å²) in [6, 6.07) is 3.41. The fraction of sp³-hybridized carbons (Fsp3) is 0.471. The average molecular weight is 362 g/mol. The van der Waals surface area contributed by atoms with Crippen molar-refractivity contribution in [3.8, 4) is 0 Å². The zero-order valence-electron chi connectivity index (χ0n) is 14.7. The van der Waals surface area contributed by atoms with E-state index in [4.69, 9.17) is 4.42 Å². The maximum Gasteiger partial charge on any atom is 0.289 e. The molecule has 0 aromatic carbocycles. The molecule has 3 rings (SSSR count). The maximum atomic E-state index is 12.3. The lowest BCUT2D eigenvalue weighted by Crippen LogP contribution is -2.48. The smallest absolute Gasteiger partial charge is 0.289 e. The third-order valence-electron chi connectivity index (χ3n) is 4.19. The number of amides is 2. The van der Waals surface area contributed by atoms with Gasteiger partial charge in [0.25, 0.3) is 11.8 Å². The van der Waals surface area contributed by atoms with Gasteiger partial charge in [-0.05, 0) is 19.1 Å². The SMILES string of the molecule is Cc1nc(CN2CCN(C(=O)c3ccco3)CC2)sc1C(=O)N(C)C. The first-order chi connectivity index (χ1) is 12.0. The van der Waals surface area contributed by atoms with Gasteiger partial charge < -0.3 is 14.2 Å². The first-order valence-electron chi connectivity index (χ1n) is 8.19. The zero-order chi connectivity index (χ0) is 18.0. The third-order valence-corrected chi connectivity index (χ3v) is 5.32. The second-order valence-electron chi connectivity index (χ2n) is 6.27. The van der Waals surface area contributed by atoms with Crippen molar-refractivity contribution in [3.63, 3.8) is 0 Å². The van der Waals surface area contributed by atoms with Gasteiger partial charge in [0.15, 0.2) is 5.76 Å². The molecular weight excluding hydrogens is 340 g/mol. The Morgan fingerprint density at radius 2 is 2.00 bits per heavy atom. The quantitative estimate of drug-likeness (QED) is 0.828. The standard InChI is InChI=1S/C17H22N4O3S/c1-12-15(17(23)19(2)3)25-14(18-12)11-20-6-8-21(9-7-20)16(22)13-5-4-10-24-13/h4-5,10H,6-9,11H2,1-3H3. The van der Waals surface area contributed by atoms with Gasteiger partial charge in [0.05, 0.1) is 18.5 Å². The average Bonchev–Trinajstić information content (AvgIpc) is 3.24. The monoisotopic (exact) mass is 362 g/mol. The summed E-state index contributed by atoms with van der Waals surface area (Å²) in [6.45, 7) is 5.45. The lowest BCUT2D eigenvalue weighted by atomic mass is 10.3. The number of hydrogen-bond donors (Lipinski definition) is 0. The van der Waals surface area contributed by atoms with Gasteiger partial charge in [0.2, 0.25) is 0 Å². The van der Waals surface area contributed by atoms with E-state index in [0.29, 0.717) is 30.3 Å². The summed E-state index contributed by atoms with van der Waals surface area (Å²) in [4.78, 5) is 35.3. The molecule has 3 heterocycles. The van der Waals surface area contributed by atoms with E-state index >= 15 is 0 Å². The number of aryl methyl sites for hydroxylation is 1. The normalized spacial score (nSPS) is 15.4. The number of thiazole rings is 1. The molecule has 134 valence electrons. The van der Waals surface area contributed by atoms with Gasteiger partial charge in [-0.3, -0.25) is 14.5 Å². The van der Waals surface area contributed by atoms with Gasteiger partial charge in [0.1, 0.15) is 9.88 Å². The number of nitrogens with zero attached hydrogens (tertiary/aromatic N) is 4. The number of hydrogen-bond acceptors (Lipinski definition) is 6. The van der Waals surface area contributed by atoms with Crippen LogP contribution in [0.15, 0.2) is 22.8 Å². The molecule has 2 aromatic heterocycles. The van der Waals surface area contributed by atoms with Crippen molar-refractivity contribution in [1.29, 1.82) is 0 Å². The van der Waals surface area contributed by atoms with Crippen LogP contribution in [0.25, 0.3) is 0 Å². The summed E-state index contributed by atoms with van der Waals surface area (Å²) in [5.74, 6) is 0.319. The first-order valence-corrected chi connectivity index (χ1v) is 9.00. The van der Waals surface area contributed by atoms with Crippen LogP contribution in [0, 0.1) is 6.92 Å². The Balaban J connectivity index is 1.57. The van der Waals surface area contributed by atoms with E-state index in [-0.39, 0.29) is 11.8 Å². The van der Waals surface area contributed by atoms with Crippen molar-refractivity contribution in [2.24, 2.45) is 0 Å². The molecule has 8 heteroatoms. The molecule has 1 aliphatic heterocycles. The van der Waals surface area contributed by atoms with Crippen LogP contribution in [0.1, 0.15) is 30.9 Å². The minimum absolute atomic E-state index is 0.00452. The number of carbonyl (C=O) groups is 2. The van der Waals surface area contributed by atoms with Crippen molar-refractivity contribution in [1.82, 2.24) is 19.7 Å². The molecule has 1 fully saturated rings. The van der Waals surface area contributed by atoms with Crippen LogP contribution < -0.4 is 0 Å². The van der Waals surface area contributed by atoms with Crippen LogP contribution >= 0.6 is 11.3 Å². The lowest BCUT2D eigenvalue weighted by molar-refractivity contribution is 0.0597. The minimum Gasteiger partial charge on any atom is -0.459 e. The minimum atomic E-state index is -0.0615. The maximum absolute atomic E-state index is 12.3. The molecule has 25 heavy (non-hydrogen) atoms. The fourth-order valence-corrected chi connectivity index (χ4v) is 3.91. The highest BCUT2D eigenvalue weighted by molar-refractivity contribution is 7.13. The van der Waals surface area contributed by atoms with Crippen molar-refractivity contribution < 1.29 is 14.0 Å². The zero-order valence-corrected chi connectivity index (χ0v) is 15.5. The molecule has 1 aliphatic rings. The van der Waals surface area contributed by atoms with Crippen LogP contribution in [-0.4, -0.2) is 71.8 Å². The topological polar surface area (TPSA) is 69.9 Å². The molecule has 0 bridgehead atoms. The summed E-state index contributed by atoms with van der Waals surface area (Å²) < 4.78 is 5.18. The Bertz CT molecular complexity index is 746. The molecule has 0 saturated carbocycles. The summed E-state index contributed by atoms with van der Waals surface area (Å²) in [5, 5.41) is 0.938. The molecule has 0 N–H and O–H groups in total. The van der Waals surface area contributed by atoms with E-state index < -0.39 is 0 Å². The van der Waals surface area contributed by atoms with Crippen LogP contribution in [0.5, 0.6) is 0 Å². The molecular formula is C17H22N4O3S. The van der Waals surface area contributed by atoms with Crippen molar-refractivity contribution in [2.75, 3.05) is 40.3 Å². The largest absolute Gasteiger partial charge is 0.459 e. The van der Waals surface area contributed by atoms with Gasteiger partial charge in [-0.25, -0.2) is 4.98 Å². The van der Waals surface area contributed by atoms with E-state index in [1.54, 1.807) is 31.1 Å². The van der Waals surface area contributed by atoms with Gasteiger partial charge in [-0.2, -0.15) is 0 Å². The summed E-state index contributed by atoms with van der Waals surface area (Å²) in [5.41, 5.74) is 0.783. The molecule has 0 radical (unpaired) electrons. The Labute approximate surface area is 150 Å². The highest BCUT2D eigenvalue weighted by atomic mass is 32.1. The van der Waals surface area contributed by atoms with Crippen molar-refractivity contribution in [3.05, 3.63) is 39.7 Å². The number of carbonyl (C=O) groups excluding carboxylic acids is 2. The van der Waals surface area contributed by atoms with Gasteiger partial charge in [-0.1, -0.05) is 0 Å². The number of rotatable bonds is 4. The predicted octanol–water partition coefficient (Wildman–Crippen LogP) is 1.70. The highest BCUT2D eigenvalue weighted by Gasteiger charge is 2.25. The Hall–Kier alpha value is -2.19. The van der Waals surface area contributed by atoms with Crippen LogP contribution in [-0.2, 0) is 6.54 Å². The predicted molar refractivity (Wildman–Crippen MR) is 94.8 cm³/mol. The summed E-state index contributed by atoms with van der Waals surface area (Å²) in [7, 11) is 3.49. The van der Waals surface area contributed by atoms with Gasteiger partial charge in [-0.15, -0.1) is 11.3 Å². The summed E-state index contributed by atoms with van der Waals surface area (Å²) in [6.07, 6.45) is 1.51. The Kier molecular flexibility index (Phi) is 5.19. The summed E-state index contributed by atoms with van der Waals surface area (Å²) >= 11 is 1.46. The van der Waals surface area contributed by atoms with Gasteiger partial charge in [0, 0.05) is 40.3 Å². The highest BCUT2D eigenvalue weighted by Crippen LogP contribution is 2.21. The molecule has 0 unspecified atom stereocenters. The third kappa shape index (κ3) is 3.91. The van der Waals surface area contributed by atoms with E-state index in [9.17, 15) is 9.59 Å². The Morgan fingerprint density at radius 1 is 1.28 bits per heavy atom. The number of piperazine rings is 1. The molecule has 0 aliphatic carbocycles. The fourth-order valence-electron chi connectivity index (χ4n) is 2.78. The second kappa shape index (κ2) is 7.37. The molecule has 2 amide bonds. The second-order valence-corrected chi connectivity index (χ2v) is 7.35. The van der Waals surface area contributed by atoms with Crippen LogP contribution in [0.2, 0.25) is 0 Å². The van der Waals surface area contributed by atoms with E-state index in [1.807, 2.05) is 11.8 Å². The Morgan fingerprint density at radius 3 is 2.60 bits per heavy atom.